The van der Waals surface area contributed by atoms with Gasteiger partial charge in [0.05, 0.1) is 19.3 Å². The van der Waals surface area contributed by atoms with Crippen molar-refractivity contribution in [2.24, 2.45) is 57.7 Å². The molecule has 0 aromatic carbocycles. The van der Waals surface area contributed by atoms with Crippen LogP contribution in [0.2, 0.25) is 0 Å². The number of hydrogen-bond acceptors (Lipinski definition) is 8. The first-order chi connectivity index (χ1) is 21.0. The average Bonchev–Trinajstić information content (AvgIpc) is 3.42. The van der Waals surface area contributed by atoms with E-state index in [1.165, 1.54) is 38.5 Å². The van der Waals surface area contributed by atoms with Gasteiger partial charge < -0.3 is 39.7 Å². The van der Waals surface area contributed by atoms with Crippen molar-refractivity contribution in [3.05, 3.63) is 11.6 Å². The SMILES string of the molecule is C[C@H](CCC1(O)OC2C[C@H]3[C@@H]4CC=C5CC(C(C)(C)C)CC[C@]5(C)[C@H]4CC[C@]3(C)[C@H]2[C@@H]1C)CO[C@@H]1OC(CO)[C@@H](O)[C@H](O)C1O. The summed E-state index contributed by atoms with van der Waals surface area (Å²) in [5, 5.41) is 51.7. The molecule has 5 N–H and O–H groups in total. The first kappa shape index (κ1) is 34.3. The molecule has 0 radical (unpaired) electrons. The number of rotatable bonds is 7. The van der Waals surface area contributed by atoms with Gasteiger partial charge in [0.1, 0.15) is 24.4 Å². The lowest BCUT2D eigenvalue weighted by Crippen LogP contribution is -2.59. The van der Waals surface area contributed by atoms with Crippen molar-refractivity contribution in [1.82, 2.24) is 0 Å². The third-order valence-electron chi connectivity index (χ3n) is 14.4. The summed E-state index contributed by atoms with van der Waals surface area (Å²) in [6, 6.07) is 0. The number of fused-ring (bicyclic) bond motifs is 7. The lowest BCUT2D eigenvalue weighted by Gasteiger charge is -2.59. The molecule has 4 aliphatic carbocycles. The second-order valence-corrected chi connectivity index (χ2v) is 17.8. The molecular weight excluding hydrogens is 572 g/mol. The summed E-state index contributed by atoms with van der Waals surface area (Å²) in [5.74, 6) is 2.14. The van der Waals surface area contributed by atoms with Crippen molar-refractivity contribution in [2.45, 2.75) is 149 Å². The minimum Gasteiger partial charge on any atom is -0.394 e. The van der Waals surface area contributed by atoms with E-state index in [1.807, 2.05) is 6.92 Å². The number of aliphatic hydroxyl groups is 5. The Hall–Kier alpha value is -0.580. The van der Waals surface area contributed by atoms with Gasteiger partial charge in [0.2, 0.25) is 0 Å². The summed E-state index contributed by atoms with van der Waals surface area (Å²) >= 11 is 0. The summed E-state index contributed by atoms with van der Waals surface area (Å²) in [7, 11) is 0. The van der Waals surface area contributed by atoms with Crippen LogP contribution in [0.25, 0.3) is 0 Å². The maximum atomic E-state index is 11.9. The Morgan fingerprint density at radius 3 is 2.47 bits per heavy atom. The van der Waals surface area contributed by atoms with Crippen LogP contribution in [0.1, 0.15) is 106 Å². The van der Waals surface area contributed by atoms with E-state index in [0.29, 0.717) is 41.4 Å². The summed E-state index contributed by atoms with van der Waals surface area (Å²) in [6.07, 6.45) is 6.22. The summed E-state index contributed by atoms with van der Waals surface area (Å²) in [6.45, 7) is 16.3. The van der Waals surface area contributed by atoms with Crippen LogP contribution in [0.3, 0.4) is 0 Å². The number of ether oxygens (including phenoxy) is 3. The fourth-order valence-corrected chi connectivity index (χ4v) is 11.4. The molecule has 258 valence electrons. The molecule has 6 rings (SSSR count). The van der Waals surface area contributed by atoms with E-state index in [9.17, 15) is 25.5 Å². The average molecular weight is 635 g/mol. The number of aliphatic hydroxyl groups excluding tert-OH is 4. The van der Waals surface area contributed by atoms with Gasteiger partial charge >= 0.3 is 0 Å². The van der Waals surface area contributed by atoms with E-state index in [1.54, 1.807) is 5.57 Å². The van der Waals surface area contributed by atoms with Gasteiger partial charge in [-0.2, -0.15) is 0 Å². The van der Waals surface area contributed by atoms with Crippen molar-refractivity contribution < 1.29 is 39.7 Å². The van der Waals surface area contributed by atoms with Crippen LogP contribution in [0.15, 0.2) is 11.6 Å². The molecule has 16 atom stereocenters. The Labute approximate surface area is 270 Å². The van der Waals surface area contributed by atoms with Gasteiger partial charge in [-0.15, -0.1) is 0 Å². The highest BCUT2D eigenvalue weighted by atomic mass is 16.7. The Kier molecular flexibility index (Phi) is 9.21. The molecule has 2 heterocycles. The first-order valence-corrected chi connectivity index (χ1v) is 18.1. The smallest absolute Gasteiger partial charge is 0.186 e. The predicted octanol–water partition coefficient (Wildman–Crippen LogP) is 4.79. The molecule has 0 aromatic heterocycles. The maximum Gasteiger partial charge on any atom is 0.186 e. The van der Waals surface area contributed by atoms with E-state index < -0.39 is 43.1 Å². The van der Waals surface area contributed by atoms with Crippen LogP contribution >= 0.6 is 0 Å². The Morgan fingerprint density at radius 2 is 1.78 bits per heavy atom. The monoisotopic (exact) mass is 634 g/mol. The maximum absolute atomic E-state index is 11.9. The lowest BCUT2D eigenvalue weighted by molar-refractivity contribution is -0.303. The molecule has 3 saturated carbocycles. The summed E-state index contributed by atoms with van der Waals surface area (Å²) in [4.78, 5) is 0. The topological polar surface area (TPSA) is 129 Å². The second-order valence-electron chi connectivity index (χ2n) is 17.8. The molecule has 5 unspecified atom stereocenters. The molecule has 0 bridgehead atoms. The molecule has 0 aromatic rings. The molecular formula is C37H62O8. The number of hydrogen-bond donors (Lipinski definition) is 5. The third kappa shape index (κ3) is 5.69. The van der Waals surface area contributed by atoms with Crippen LogP contribution in [-0.4, -0.2) is 81.3 Å². The van der Waals surface area contributed by atoms with Crippen molar-refractivity contribution >= 4 is 0 Å². The third-order valence-corrected chi connectivity index (χ3v) is 14.4. The van der Waals surface area contributed by atoms with Gasteiger partial charge in [-0.3, -0.25) is 0 Å². The Balaban J connectivity index is 1.07. The largest absolute Gasteiger partial charge is 0.394 e. The minimum absolute atomic E-state index is 0.0359. The zero-order valence-corrected chi connectivity index (χ0v) is 28.8. The normalized spacial score (nSPS) is 52.0. The van der Waals surface area contributed by atoms with Crippen LogP contribution in [0, 0.1) is 57.7 Å². The van der Waals surface area contributed by atoms with Gasteiger partial charge in [-0.05, 0) is 103 Å². The van der Waals surface area contributed by atoms with E-state index in [2.05, 4.69) is 47.6 Å². The van der Waals surface area contributed by atoms with Crippen LogP contribution in [0.5, 0.6) is 0 Å². The zero-order chi connectivity index (χ0) is 32.7. The van der Waals surface area contributed by atoms with Crippen LogP contribution < -0.4 is 0 Å². The highest BCUT2D eigenvalue weighted by molar-refractivity contribution is 5.26. The predicted molar refractivity (Wildman–Crippen MR) is 171 cm³/mol. The van der Waals surface area contributed by atoms with Gasteiger partial charge in [-0.1, -0.05) is 60.1 Å². The molecule has 0 spiro atoms. The quantitative estimate of drug-likeness (QED) is 0.253. The highest BCUT2D eigenvalue weighted by Gasteiger charge is 2.67. The van der Waals surface area contributed by atoms with Crippen LogP contribution in [0.4, 0.5) is 0 Å². The standard InChI is InChI=1S/C37H62O8/c1-20(19-43-33-32(41)31(40)30(39)28(18-38)44-33)10-15-37(42)21(2)29-27(45-37)17-26-24-9-8-23-16-22(34(3,4)5)11-13-35(23,6)25(24)12-14-36(26,29)7/h8,20-22,24-33,38-42H,9-19H2,1-7H3/t20-,21+,22?,24-,25+,26+,27?,28?,29+,30-,31+,32?,33-,35+,36+,37?/m1/s1. The van der Waals surface area contributed by atoms with E-state index in [-0.39, 0.29) is 30.0 Å². The summed E-state index contributed by atoms with van der Waals surface area (Å²) in [5.41, 5.74) is 2.63. The summed E-state index contributed by atoms with van der Waals surface area (Å²) < 4.78 is 17.9. The second kappa shape index (κ2) is 12.1. The first-order valence-electron chi connectivity index (χ1n) is 18.1. The molecule has 5 fully saturated rings. The van der Waals surface area contributed by atoms with Gasteiger partial charge in [0, 0.05) is 12.3 Å². The van der Waals surface area contributed by atoms with Crippen molar-refractivity contribution in [2.75, 3.05) is 13.2 Å². The molecule has 6 aliphatic rings. The molecule has 45 heavy (non-hydrogen) atoms. The molecule has 2 saturated heterocycles. The van der Waals surface area contributed by atoms with Crippen molar-refractivity contribution in [3.63, 3.8) is 0 Å². The lowest BCUT2D eigenvalue weighted by atomic mass is 9.46. The van der Waals surface area contributed by atoms with Gasteiger partial charge in [-0.25, -0.2) is 0 Å². The van der Waals surface area contributed by atoms with Crippen LogP contribution in [-0.2, 0) is 14.2 Å². The van der Waals surface area contributed by atoms with Gasteiger partial charge in [0.15, 0.2) is 12.1 Å². The van der Waals surface area contributed by atoms with Gasteiger partial charge in [0.25, 0.3) is 0 Å². The molecule has 2 aliphatic heterocycles. The van der Waals surface area contributed by atoms with E-state index in [4.69, 9.17) is 14.2 Å². The van der Waals surface area contributed by atoms with Crippen molar-refractivity contribution in [3.8, 4) is 0 Å². The zero-order valence-electron chi connectivity index (χ0n) is 28.8. The van der Waals surface area contributed by atoms with E-state index >= 15 is 0 Å². The Bertz CT molecular complexity index is 1100. The van der Waals surface area contributed by atoms with Crippen molar-refractivity contribution in [1.29, 1.82) is 0 Å². The minimum atomic E-state index is -1.46. The molecule has 8 heteroatoms. The fourth-order valence-electron chi connectivity index (χ4n) is 11.4. The highest BCUT2D eigenvalue weighted by Crippen LogP contribution is 2.70. The molecule has 0 amide bonds. The fraction of sp³-hybridized carbons (Fsp3) is 0.946. The Morgan fingerprint density at radius 1 is 1.04 bits per heavy atom. The van der Waals surface area contributed by atoms with E-state index in [0.717, 1.165) is 18.3 Å². The molecule has 8 nitrogen and oxygen atoms in total. The number of allylic oxidation sites excluding steroid dienone is 2.